The number of amidine groups is 1. The maximum absolute atomic E-state index is 5.58. The van der Waals surface area contributed by atoms with Crippen LogP contribution < -0.4 is 5.32 Å². The van der Waals surface area contributed by atoms with Gasteiger partial charge in [0.15, 0.2) is 0 Å². The van der Waals surface area contributed by atoms with E-state index in [1.807, 2.05) is 12.1 Å². The Labute approximate surface area is 118 Å². The molecule has 0 bridgehead atoms. The number of nitrogens with zero attached hydrogens (tertiary/aromatic N) is 1. The highest BCUT2D eigenvalue weighted by Gasteiger charge is 2.38. The fourth-order valence-corrected chi connectivity index (χ4v) is 3.55. The zero-order valence-corrected chi connectivity index (χ0v) is 11.6. The second kappa shape index (κ2) is 4.23. The van der Waals surface area contributed by atoms with Crippen LogP contribution in [0.15, 0.2) is 46.0 Å². The van der Waals surface area contributed by atoms with Crippen molar-refractivity contribution in [1.82, 2.24) is 5.32 Å². The molecule has 20 heavy (non-hydrogen) atoms. The van der Waals surface area contributed by atoms with Gasteiger partial charge in [0, 0.05) is 5.56 Å². The number of hydrogen-bond donors (Lipinski definition) is 1. The van der Waals surface area contributed by atoms with Gasteiger partial charge >= 0.3 is 0 Å². The van der Waals surface area contributed by atoms with E-state index in [0.29, 0.717) is 0 Å². The minimum absolute atomic E-state index is 0.152. The molecule has 0 fully saturated rings. The monoisotopic (exact) mass is 266 g/mol. The highest BCUT2D eigenvalue weighted by atomic mass is 16.3. The van der Waals surface area contributed by atoms with Gasteiger partial charge in [-0.3, -0.25) is 4.99 Å². The van der Waals surface area contributed by atoms with Crippen molar-refractivity contribution in [1.29, 1.82) is 0 Å². The molecule has 1 atom stereocenters. The van der Waals surface area contributed by atoms with Crippen LogP contribution in [0.3, 0.4) is 0 Å². The molecule has 0 saturated carbocycles. The van der Waals surface area contributed by atoms with E-state index in [1.165, 1.54) is 16.7 Å². The van der Waals surface area contributed by atoms with Gasteiger partial charge in [0.25, 0.3) is 0 Å². The van der Waals surface area contributed by atoms with Crippen molar-refractivity contribution >= 4 is 5.84 Å². The standard InChI is InChI=1S/C17H18N2O/c1-12-18-11-17(19-12)8-7-14-13(10-17)4-2-5-15(14)16-6-3-9-20-16/h2-6,9H,7-8,10-11H2,1H3,(H,18,19). The zero-order chi connectivity index (χ0) is 13.6. The number of aliphatic imine (C=N–C) groups is 1. The molecule has 3 heteroatoms. The third-order valence-corrected chi connectivity index (χ3v) is 4.51. The minimum atomic E-state index is 0.152. The molecule has 1 aromatic heterocycles. The van der Waals surface area contributed by atoms with E-state index in [0.717, 1.165) is 37.4 Å². The molecular weight excluding hydrogens is 248 g/mol. The van der Waals surface area contributed by atoms with E-state index in [9.17, 15) is 0 Å². The van der Waals surface area contributed by atoms with Gasteiger partial charge in [0.2, 0.25) is 0 Å². The van der Waals surface area contributed by atoms with E-state index in [4.69, 9.17) is 4.42 Å². The quantitative estimate of drug-likeness (QED) is 0.860. The number of nitrogens with one attached hydrogen (secondary N) is 1. The first kappa shape index (κ1) is 11.8. The third kappa shape index (κ3) is 1.77. The van der Waals surface area contributed by atoms with Crippen LogP contribution in [-0.4, -0.2) is 17.9 Å². The molecule has 0 saturated heterocycles. The lowest BCUT2D eigenvalue weighted by atomic mass is 9.76. The Morgan fingerprint density at radius 1 is 1.25 bits per heavy atom. The molecule has 1 unspecified atom stereocenters. The molecule has 0 amide bonds. The smallest absolute Gasteiger partial charge is 0.134 e. The highest BCUT2D eigenvalue weighted by Crippen LogP contribution is 2.36. The molecule has 102 valence electrons. The van der Waals surface area contributed by atoms with Crippen LogP contribution in [0.2, 0.25) is 0 Å². The molecule has 1 aliphatic heterocycles. The number of furan rings is 1. The molecule has 2 heterocycles. The highest BCUT2D eigenvalue weighted by molar-refractivity contribution is 5.82. The van der Waals surface area contributed by atoms with Gasteiger partial charge in [-0.2, -0.15) is 0 Å². The van der Waals surface area contributed by atoms with Crippen LogP contribution in [0.4, 0.5) is 0 Å². The second-order valence-electron chi connectivity index (χ2n) is 5.90. The van der Waals surface area contributed by atoms with Crippen LogP contribution in [-0.2, 0) is 12.8 Å². The number of benzene rings is 1. The van der Waals surface area contributed by atoms with Gasteiger partial charge in [0.1, 0.15) is 5.76 Å². The molecule has 0 radical (unpaired) electrons. The molecule has 4 rings (SSSR count). The first-order chi connectivity index (χ1) is 9.76. The van der Waals surface area contributed by atoms with Crippen LogP contribution in [0, 0.1) is 0 Å². The average Bonchev–Trinajstić information content (AvgIpc) is 3.09. The second-order valence-corrected chi connectivity index (χ2v) is 5.90. The Morgan fingerprint density at radius 2 is 2.20 bits per heavy atom. The molecule has 2 aliphatic rings. The SMILES string of the molecule is CC1=NCC2(CCc3c(cccc3-c3ccco3)C2)N1. The fourth-order valence-electron chi connectivity index (χ4n) is 3.55. The predicted molar refractivity (Wildman–Crippen MR) is 80.0 cm³/mol. The van der Waals surface area contributed by atoms with Gasteiger partial charge in [-0.15, -0.1) is 0 Å². The van der Waals surface area contributed by atoms with Crippen molar-refractivity contribution in [2.24, 2.45) is 4.99 Å². The summed E-state index contributed by atoms with van der Waals surface area (Å²) < 4.78 is 5.58. The average molecular weight is 266 g/mol. The van der Waals surface area contributed by atoms with Gasteiger partial charge in [0.05, 0.1) is 24.2 Å². The van der Waals surface area contributed by atoms with Crippen molar-refractivity contribution < 1.29 is 4.42 Å². The van der Waals surface area contributed by atoms with E-state index in [1.54, 1.807) is 6.26 Å². The van der Waals surface area contributed by atoms with E-state index >= 15 is 0 Å². The van der Waals surface area contributed by atoms with Gasteiger partial charge in [-0.25, -0.2) is 0 Å². The molecule has 1 aliphatic carbocycles. The summed E-state index contributed by atoms with van der Waals surface area (Å²) in [5.74, 6) is 2.06. The maximum atomic E-state index is 5.58. The lowest BCUT2D eigenvalue weighted by Gasteiger charge is -2.35. The fraction of sp³-hybridized carbons (Fsp3) is 0.353. The molecule has 1 aromatic carbocycles. The minimum Gasteiger partial charge on any atom is -0.464 e. The lowest BCUT2D eigenvalue weighted by molar-refractivity contribution is 0.362. The van der Waals surface area contributed by atoms with Crippen molar-refractivity contribution in [3.63, 3.8) is 0 Å². The molecule has 2 aromatic rings. The number of fused-ring (bicyclic) bond motifs is 1. The van der Waals surface area contributed by atoms with E-state index in [-0.39, 0.29) is 5.54 Å². The maximum Gasteiger partial charge on any atom is 0.134 e. The summed E-state index contributed by atoms with van der Waals surface area (Å²) in [7, 11) is 0. The summed E-state index contributed by atoms with van der Waals surface area (Å²) in [6, 6.07) is 10.5. The van der Waals surface area contributed by atoms with Crippen molar-refractivity contribution in [3.8, 4) is 11.3 Å². The molecule has 3 nitrogen and oxygen atoms in total. The van der Waals surface area contributed by atoms with Crippen molar-refractivity contribution in [3.05, 3.63) is 47.7 Å². The zero-order valence-electron chi connectivity index (χ0n) is 11.6. The Bertz CT molecular complexity index is 672. The van der Waals surface area contributed by atoms with Gasteiger partial charge < -0.3 is 9.73 Å². The van der Waals surface area contributed by atoms with Crippen LogP contribution in [0.1, 0.15) is 24.5 Å². The molecular formula is C17H18N2O. The van der Waals surface area contributed by atoms with E-state index in [2.05, 4.69) is 35.4 Å². The summed E-state index contributed by atoms with van der Waals surface area (Å²) in [6.45, 7) is 2.97. The predicted octanol–water partition coefficient (Wildman–Crippen LogP) is 3.20. The molecule has 1 N–H and O–H groups in total. The molecule has 1 spiro atoms. The summed E-state index contributed by atoms with van der Waals surface area (Å²) in [4.78, 5) is 4.55. The largest absolute Gasteiger partial charge is 0.464 e. The van der Waals surface area contributed by atoms with Crippen molar-refractivity contribution in [2.45, 2.75) is 31.7 Å². The number of rotatable bonds is 1. The van der Waals surface area contributed by atoms with Gasteiger partial charge in [-0.1, -0.05) is 18.2 Å². The normalized spacial score (nSPS) is 24.4. The summed E-state index contributed by atoms with van der Waals surface area (Å²) in [6.07, 6.45) is 5.02. The van der Waals surface area contributed by atoms with Crippen LogP contribution in [0.25, 0.3) is 11.3 Å². The first-order valence-electron chi connectivity index (χ1n) is 7.20. The van der Waals surface area contributed by atoms with Crippen molar-refractivity contribution in [2.75, 3.05) is 6.54 Å². The van der Waals surface area contributed by atoms with Gasteiger partial charge in [-0.05, 0) is 49.4 Å². The summed E-state index contributed by atoms with van der Waals surface area (Å²) in [5, 5.41) is 3.59. The first-order valence-corrected chi connectivity index (χ1v) is 7.20. The lowest BCUT2D eigenvalue weighted by Crippen LogP contribution is -2.49. The van der Waals surface area contributed by atoms with Crippen LogP contribution >= 0.6 is 0 Å². The summed E-state index contributed by atoms with van der Waals surface area (Å²) >= 11 is 0. The van der Waals surface area contributed by atoms with E-state index < -0.39 is 0 Å². The Morgan fingerprint density at radius 3 is 2.95 bits per heavy atom. The Hall–Kier alpha value is -2.03. The topological polar surface area (TPSA) is 37.5 Å². The Kier molecular flexibility index (Phi) is 2.49. The third-order valence-electron chi connectivity index (χ3n) is 4.51. The number of hydrogen-bond acceptors (Lipinski definition) is 3. The Balaban J connectivity index is 1.72. The summed E-state index contributed by atoms with van der Waals surface area (Å²) in [5.41, 5.74) is 4.28. The van der Waals surface area contributed by atoms with Crippen LogP contribution in [0.5, 0.6) is 0 Å².